The number of nitrogens with one attached hydrogen (secondary N) is 2. The van der Waals surface area contributed by atoms with Crippen LogP contribution < -0.4 is 10.6 Å². The molecule has 8 heteroatoms. The number of hydrogen-bond donors (Lipinski definition) is 2. The van der Waals surface area contributed by atoms with Crippen molar-refractivity contribution >= 4 is 29.1 Å². The van der Waals surface area contributed by atoms with E-state index in [4.69, 9.17) is 0 Å². The summed E-state index contributed by atoms with van der Waals surface area (Å²) < 4.78 is 13.2. The van der Waals surface area contributed by atoms with Gasteiger partial charge in [0.05, 0.1) is 4.88 Å². The molecule has 1 aliphatic carbocycles. The molecule has 6 nitrogen and oxygen atoms in total. The highest BCUT2D eigenvalue weighted by molar-refractivity contribution is 7.12. The second kappa shape index (κ2) is 8.95. The molecule has 1 saturated carbocycles. The van der Waals surface area contributed by atoms with Crippen molar-refractivity contribution in [2.75, 3.05) is 13.1 Å². The first-order chi connectivity index (χ1) is 14.5. The lowest BCUT2D eigenvalue weighted by Crippen LogP contribution is -2.54. The Kier molecular flexibility index (Phi) is 6.13. The Morgan fingerprint density at radius 1 is 1.03 bits per heavy atom. The van der Waals surface area contributed by atoms with Crippen LogP contribution in [-0.4, -0.2) is 47.8 Å². The molecule has 2 fully saturated rings. The van der Waals surface area contributed by atoms with Gasteiger partial charge in [0.15, 0.2) is 0 Å². The number of piperidine rings is 1. The number of rotatable bonds is 6. The van der Waals surface area contributed by atoms with Gasteiger partial charge in [0, 0.05) is 24.7 Å². The average molecular weight is 430 g/mol. The fourth-order valence-electron chi connectivity index (χ4n) is 3.73. The summed E-state index contributed by atoms with van der Waals surface area (Å²) in [5, 5.41) is 7.71. The number of nitrogens with zero attached hydrogens (tertiary/aromatic N) is 1. The van der Waals surface area contributed by atoms with Crippen molar-refractivity contribution in [3.05, 3.63) is 58.0 Å². The van der Waals surface area contributed by atoms with Crippen molar-refractivity contribution in [3.8, 4) is 0 Å². The van der Waals surface area contributed by atoms with Crippen LogP contribution in [0.1, 0.15) is 45.7 Å². The van der Waals surface area contributed by atoms with E-state index in [0.717, 1.165) is 12.8 Å². The molecule has 158 valence electrons. The Bertz CT molecular complexity index is 904. The van der Waals surface area contributed by atoms with Crippen LogP contribution in [0.2, 0.25) is 0 Å². The number of amides is 3. The number of carbonyl (C=O) groups excluding carboxylic acids is 3. The summed E-state index contributed by atoms with van der Waals surface area (Å²) in [6.45, 7) is 1.09. The zero-order valence-electron chi connectivity index (χ0n) is 16.5. The van der Waals surface area contributed by atoms with Crippen LogP contribution >= 0.6 is 11.3 Å². The highest BCUT2D eigenvalue weighted by Crippen LogP contribution is 2.25. The fourth-order valence-corrected chi connectivity index (χ4v) is 4.42. The van der Waals surface area contributed by atoms with Crippen LogP contribution in [0.25, 0.3) is 0 Å². The van der Waals surface area contributed by atoms with Crippen molar-refractivity contribution < 1.29 is 18.8 Å². The van der Waals surface area contributed by atoms with E-state index in [9.17, 15) is 18.8 Å². The molecule has 3 amide bonds. The lowest BCUT2D eigenvalue weighted by Gasteiger charge is -2.35. The first-order valence-electron chi connectivity index (χ1n) is 10.2. The summed E-state index contributed by atoms with van der Waals surface area (Å²) in [6, 6.07) is 8.43. The number of thiophene rings is 1. The third-order valence-electron chi connectivity index (χ3n) is 5.63. The molecule has 1 saturated heterocycles. The molecule has 1 aromatic carbocycles. The minimum Gasteiger partial charge on any atom is -0.352 e. The lowest BCUT2D eigenvalue weighted by molar-refractivity contribution is -0.124. The molecule has 2 aromatic rings. The molecule has 1 aromatic heterocycles. The highest BCUT2D eigenvalue weighted by Gasteiger charge is 2.36. The number of carbonyl (C=O) groups is 3. The lowest BCUT2D eigenvalue weighted by atomic mass is 9.88. The minimum atomic E-state index is -0.679. The maximum Gasteiger partial charge on any atom is 0.263 e. The Morgan fingerprint density at radius 3 is 2.33 bits per heavy atom. The number of likely N-dealkylation sites (tertiary alicyclic amines) is 1. The molecule has 2 aliphatic rings. The van der Waals surface area contributed by atoms with E-state index < -0.39 is 17.8 Å². The first-order valence-corrected chi connectivity index (χ1v) is 11.1. The second-order valence-electron chi connectivity index (χ2n) is 7.85. The zero-order valence-corrected chi connectivity index (χ0v) is 17.3. The fraction of sp³-hybridized carbons (Fsp3) is 0.409. The molecule has 4 rings (SSSR count). The molecule has 0 bridgehead atoms. The van der Waals surface area contributed by atoms with Crippen LogP contribution in [0.5, 0.6) is 0 Å². The Balaban J connectivity index is 1.42. The molecular formula is C22H24FN3O3S. The van der Waals surface area contributed by atoms with E-state index in [-0.39, 0.29) is 23.8 Å². The quantitative estimate of drug-likeness (QED) is 0.741. The van der Waals surface area contributed by atoms with Gasteiger partial charge in [-0.25, -0.2) is 4.39 Å². The van der Waals surface area contributed by atoms with Gasteiger partial charge in [0.1, 0.15) is 11.9 Å². The van der Waals surface area contributed by atoms with E-state index in [0.29, 0.717) is 36.4 Å². The van der Waals surface area contributed by atoms with Crippen molar-refractivity contribution in [2.24, 2.45) is 5.92 Å². The molecule has 2 N–H and O–H groups in total. The maximum atomic E-state index is 13.2. The van der Waals surface area contributed by atoms with E-state index in [1.807, 2.05) is 17.5 Å². The predicted molar refractivity (Wildman–Crippen MR) is 112 cm³/mol. The van der Waals surface area contributed by atoms with Crippen molar-refractivity contribution in [3.63, 3.8) is 0 Å². The van der Waals surface area contributed by atoms with Crippen LogP contribution in [-0.2, 0) is 4.79 Å². The number of benzene rings is 1. The van der Waals surface area contributed by atoms with Crippen LogP contribution in [0.3, 0.4) is 0 Å². The molecule has 1 unspecified atom stereocenters. The summed E-state index contributed by atoms with van der Waals surface area (Å²) in [5.74, 6) is -1.06. The minimum absolute atomic E-state index is 0.0118. The van der Waals surface area contributed by atoms with Gasteiger partial charge in [0.2, 0.25) is 5.91 Å². The summed E-state index contributed by atoms with van der Waals surface area (Å²) in [7, 11) is 0. The van der Waals surface area contributed by atoms with Gasteiger partial charge >= 0.3 is 0 Å². The number of hydrogen-bond acceptors (Lipinski definition) is 4. The van der Waals surface area contributed by atoms with E-state index >= 15 is 0 Å². The largest absolute Gasteiger partial charge is 0.352 e. The second-order valence-corrected chi connectivity index (χ2v) is 8.80. The van der Waals surface area contributed by atoms with E-state index in [1.54, 1.807) is 4.90 Å². The van der Waals surface area contributed by atoms with Gasteiger partial charge < -0.3 is 15.5 Å². The average Bonchev–Trinajstić information content (AvgIpc) is 3.40. The van der Waals surface area contributed by atoms with Crippen molar-refractivity contribution in [1.29, 1.82) is 0 Å². The van der Waals surface area contributed by atoms with Gasteiger partial charge in [-0.3, -0.25) is 14.4 Å². The Morgan fingerprint density at radius 2 is 1.73 bits per heavy atom. The van der Waals surface area contributed by atoms with Crippen LogP contribution in [0.15, 0.2) is 41.8 Å². The van der Waals surface area contributed by atoms with Gasteiger partial charge in [-0.15, -0.1) is 11.3 Å². The number of halogens is 1. The topological polar surface area (TPSA) is 78.5 Å². The van der Waals surface area contributed by atoms with E-state index in [1.165, 1.54) is 35.6 Å². The smallest absolute Gasteiger partial charge is 0.263 e. The van der Waals surface area contributed by atoms with Crippen molar-refractivity contribution in [1.82, 2.24) is 15.5 Å². The summed E-state index contributed by atoms with van der Waals surface area (Å²) >= 11 is 1.42. The Labute approximate surface area is 178 Å². The normalized spacial score (nSPS) is 18.0. The summed E-state index contributed by atoms with van der Waals surface area (Å²) in [4.78, 5) is 40.6. The first kappa shape index (κ1) is 20.5. The summed E-state index contributed by atoms with van der Waals surface area (Å²) in [5.41, 5.74) is 0.311. The van der Waals surface area contributed by atoms with Crippen LogP contribution in [0.4, 0.5) is 4.39 Å². The van der Waals surface area contributed by atoms with E-state index in [2.05, 4.69) is 10.6 Å². The predicted octanol–water partition coefficient (Wildman–Crippen LogP) is 2.82. The zero-order chi connectivity index (χ0) is 21.1. The standard InChI is InChI=1S/C22H24FN3O3S/c23-16-5-3-15(4-6-16)20(27)25-19(21(28)24-17-7-8-17)14-9-11-26(12-10-14)22(29)18-2-1-13-30-18/h1-6,13-14,17,19H,7-12H2,(H,24,28)(H,25,27). The molecule has 1 aliphatic heterocycles. The molecular weight excluding hydrogens is 405 g/mol. The molecule has 0 radical (unpaired) electrons. The van der Waals surface area contributed by atoms with Gasteiger partial charge in [-0.05, 0) is 67.3 Å². The monoisotopic (exact) mass is 429 g/mol. The van der Waals surface area contributed by atoms with Gasteiger partial charge in [-0.1, -0.05) is 6.07 Å². The van der Waals surface area contributed by atoms with Gasteiger partial charge in [0.25, 0.3) is 11.8 Å². The third-order valence-corrected chi connectivity index (χ3v) is 6.49. The molecule has 2 heterocycles. The third kappa shape index (κ3) is 4.87. The van der Waals surface area contributed by atoms with Crippen LogP contribution in [0, 0.1) is 11.7 Å². The van der Waals surface area contributed by atoms with Crippen molar-refractivity contribution in [2.45, 2.75) is 37.8 Å². The molecule has 1 atom stereocenters. The highest BCUT2D eigenvalue weighted by atomic mass is 32.1. The van der Waals surface area contributed by atoms with Gasteiger partial charge in [-0.2, -0.15) is 0 Å². The Hall–Kier alpha value is -2.74. The SMILES string of the molecule is O=C(NC(C(=O)NC1CC1)C1CCN(C(=O)c2cccs2)CC1)c1ccc(F)cc1. The maximum absolute atomic E-state index is 13.2. The summed E-state index contributed by atoms with van der Waals surface area (Å²) in [6.07, 6.45) is 3.17. The molecule has 30 heavy (non-hydrogen) atoms. The molecule has 0 spiro atoms.